The Morgan fingerprint density at radius 1 is 1.03 bits per heavy atom. The van der Waals surface area contributed by atoms with Crippen LogP contribution >= 0.6 is 0 Å². The molecule has 1 fully saturated rings. The summed E-state index contributed by atoms with van der Waals surface area (Å²) >= 11 is 0. The first-order valence-corrected chi connectivity index (χ1v) is 11.7. The molecule has 3 N–H and O–H groups in total. The number of carbonyl (C=O) groups is 1. The SMILES string of the molecule is CNC(=O)C(Cc1ccc(C#Cc2ccc(CN3CCOCC3)cc2)cc1)c1[nH]ccc(=O)c1O. The van der Waals surface area contributed by atoms with E-state index in [0.29, 0.717) is 6.42 Å². The highest BCUT2D eigenvalue weighted by molar-refractivity contribution is 5.83. The van der Waals surface area contributed by atoms with Crippen molar-refractivity contribution >= 4 is 5.91 Å². The second kappa shape index (κ2) is 11.5. The van der Waals surface area contributed by atoms with Crippen LogP contribution in [0.1, 0.15) is 33.9 Å². The third-order valence-electron chi connectivity index (χ3n) is 6.08. The highest BCUT2D eigenvalue weighted by atomic mass is 16.5. The molecular weight excluding hydrogens is 442 g/mol. The van der Waals surface area contributed by atoms with E-state index in [2.05, 4.69) is 39.2 Å². The van der Waals surface area contributed by atoms with Gasteiger partial charge >= 0.3 is 0 Å². The Kier molecular flexibility index (Phi) is 7.99. The molecule has 1 aliphatic rings. The van der Waals surface area contributed by atoms with Gasteiger partial charge in [-0.05, 0) is 41.8 Å². The molecule has 7 nitrogen and oxygen atoms in total. The zero-order chi connectivity index (χ0) is 24.6. The van der Waals surface area contributed by atoms with Gasteiger partial charge in [-0.3, -0.25) is 14.5 Å². The van der Waals surface area contributed by atoms with Gasteiger partial charge in [0.2, 0.25) is 11.3 Å². The van der Waals surface area contributed by atoms with E-state index in [1.54, 1.807) is 0 Å². The van der Waals surface area contributed by atoms with Gasteiger partial charge in [-0.2, -0.15) is 0 Å². The molecule has 7 heteroatoms. The fourth-order valence-electron chi connectivity index (χ4n) is 4.07. The number of aromatic nitrogens is 1. The smallest absolute Gasteiger partial charge is 0.229 e. The molecule has 1 atom stereocenters. The molecule has 0 aliphatic carbocycles. The predicted molar refractivity (Wildman–Crippen MR) is 134 cm³/mol. The molecule has 2 aromatic carbocycles. The standard InChI is InChI=1S/C28H29N3O4/c1-29-28(34)24(26-27(33)25(32)12-13-30-26)18-22-8-4-20(5-9-22)2-3-21-6-10-23(11-7-21)19-31-14-16-35-17-15-31/h4-13,24,33H,14-19H2,1H3,(H,29,34)(H,30,32). The van der Waals surface area contributed by atoms with Crippen LogP contribution in [0.2, 0.25) is 0 Å². The number of carbonyl (C=O) groups excluding carboxylic acids is 1. The van der Waals surface area contributed by atoms with Gasteiger partial charge in [-0.15, -0.1) is 0 Å². The summed E-state index contributed by atoms with van der Waals surface area (Å²) in [6.45, 7) is 4.44. The van der Waals surface area contributed by atoms with E-state index in [1.807, 2.05) is 36.4 Å². The summed E-state index contributed by atoms with van der Waals surface area (Å²) in [5.74, 6) is 4.94. The molecule has 35 heavy (non-hydrogen) atoms. The van der Waals surface area contributed by atoms with Crippen molar-refractivity contribution in [1.82, 2.24) is 15.2 Å². The minimum absolute atomic E-state index is 0.206. The fourth-order valence-corrected chi connectivity index (χ4v) is 4.07. The predicted octanol–water partition coefficient (Wildman–Crippen LogP) is 2.38. The number of aromatic hydroxyl groups is 1. The number of nitrogens with one attached hydrogen (secondary N) is 2. The topological polar surface area (TPSA) is 94.7 Å². The molecule has 0 saturated carbocycles. The first-order valence-electron chi connectivity index (χ1n) is 11.7. The summed E-state index contributed by atoms with van der Waals surface area (Å²) in [4.78, 5) is 29.5. The third-order valence-corrected chi connectivity index (χ3v) is 6.08. The van der Waals surface area contributed by atoms with Gasteiger partial charge in [-0.1, -0.05) is 36.1 Å². The number of nitrogens with zero attached hydrogens (tertiary/aromatic N) is 1. The number of rotatable bonds is 6. The Hall–Kier alpha value is -3.86. The minimum Gasteiger partial charge on any atom is -0.503 e. The molecule has 1 unspecified atom stereocenters. The first kappa shape index (κ1) is 24.3. The van der Waals surface area contributed by atoms with E-state index in [-0.39, 0.29) is 11.6 Å². The molecule has 1 aromatic heterocycles. The second-order valence-electron chi connectivity index (χ2n) is 8.51. The summed E-state index contributed by atoms with van der Waals surface area (Å²) in [5.41, 5.74) is 3.64. The van der Waals surface area contributed by atoms with Crippen LogP contribution in [-0.2, 0) is 22.5 Å². The van der Waals surface area contributed by atoms with Crippen LogP contribution in [0.3, 0.4) is 0 Å². The number of H-pyrrole nitrogens is 1. The van der Waals surface area contributed by atoms with Crippen LogP contribution in [0.4, 0.5) is 0 Å². The Morgan fingerprint density at radius 3 is 2.23 bits per heavy atom. The fraction of sp³-hybridized carbons (Fsp3) is 0.286. The normalized spacial score (nSPS) is 14.5. The summed E-state index contributed by atoms with van der Waals surface area (Å²) in [6.07, 6.45) is 1.76. The molecule has 3 aromatic rings. The molecule has 0 radical (unpaired) electrons. The number of benzene rings is 2. The lowest BCUT2D eigenvalue weighted by molar-refractivity contribution is -0.122. The van der Waals surface area contributed by atoms with Gasteiger partial charge in [0.05, 0.1) is 24.8 Å². The maximum Gasteiger partial charge on any atom is 0.229 e. The largest absolute Gasteiger partial charge is 0.503 e. The van der Waals surface area contributed by atoms with Crippen molar-refractivity contribution in [2.45, 2.75) is 18.9 Å². The van der Waals surface area contributed by atoms with Crippen molar-refractivity contribution < 1.29 is 14.6 Å². The quantitative estimate of drug-likeness (QED) is 0.480. The van der Waals surface area contributed by atoms with Crippen molar-refractivity contribution in [3.8, 4) is 17.6 Å². The van der Waals surface area contributed by atoms with E-state index >= 15 is 0 Å². The van der Waals surface area contributed by atoms with Crippen LogP contribution in [-0.4, -0.2) is 54.2 Å². The summed E-state index contributed by atoms with van der Waals surface area (Å²) in [7, 11) is 1.53. The Bertz CT molecular complexity index is 1260. The van der Waals surface area contributed by atoms with Crippen molar-refractivity contribution in [3.63, 3.8) is 0 Å². The number of likely N-dealkylation sites (N-methyl/N-ethyl adjacent to an activating group) is 1. The van der Waals surface area contributed by atoms with Gasteiger partial charge in [0.15, 0.2) is 5.75 Å². The molecule has 0 bridgehead atoms. The van der Waals surface area contributed by atoms with E-state index in [1.165, 1.54) is 24.9 Å². The van der Waals surface area contributed by atoms with Crippen molar-refractivity contribution in [3.05, 3.63) is 99.0 Å². The Balaban J connectivity index is 1.42. The number of hydrogen-bond acceptors (Lipinski definition) is 5. The summed E-state index contributed by atoms with van der Waals surface area (Å²) < 4.78 is 5.40. The number of pyridine rings is 1. The molecule has 1 saturated heterocycles. The van der Waals surface area contributed by atoms with Crippen molar-refractivity contribution in [2.24, 2.45) is 0 Å². The number of ether oxygens (including phenoxy) is 1. The maximum atomic E-state index is 12.5. The van der Waals surface area contributed by atoms with Crippen LogP contribution in [0, 0.1) is 11.8 Å². The maximum absolute atomic E-state index is 12.5. The zero-order valence-corrected chi connectivity index (χ0v) is 19.7. The first-order chi connectivity index (χ1) is 17.0. The molecule has 2 heterocycles. The van der Waals surface area contributed by atoms with Crippen LogP contribution in [0.5, 0.6) is 5.75 Å². The summed E-state index contributed by atoms with van der Waals surface area (Å²) in [5, 5.41) is 12.8. The molecule has 0 spiro atoms. The van der Waals surface area contributed by atoms with Crippen molar-refractivity contribution in [1.29, 1.82) is 0 Å². The van der Waals surface area contributed by atoms with Crippen LogP contribution in [0.25, 0.3) is 0 Å². The van der Waals surface area contributed by atoms with E-state index in [4.69, 9.17) is 4.74 Å². The monoisotopic (exact) mass is 471 g/mol. The number of aromatic amines is 1. The highest BCUT2D eigenvalue weighted by Crippen LogP contribution is 2.24. The highest BCUT2D eigenvalue weighted by Gasteiger charge is 2.24. The van der Waals surface area contributed by atoms with Crippen LogP contribution in [0.15, 0.2) is 65.6 Å². The van der Waals surface area contributed by atoms with Gasteiger partial charge in [-0.25, -0.2) is 0 Å². The Morgan fingerprint density at radius 2 is 1.63 bits per heavy atom. The summed E-state index contributed by atoms with van der Waals surface area (Å²) in [6, 6.07) is 17.2. The van der Waals surface area contributed by atoms with Gasteiger partial charge in [0.25, 0.3) is 0 Å². The van der Waals surface area contributed by atoms with Gasteiger partial charge in [0.1, 0.15) is 0 Å². The molecule has 4 rings (SSSR count). The van der Waals surface area contributed by atoms with E-state index in [9.17, 15) is 14.7 Å². The number of hydrogen-bond donors (Lipinski definition) is 3. The lowest BCUT2D eigenvalue weighted by Gasteiger charge is -2.26. The molecular formula is C28H29N3O4. The van der Waals surface area contributed by atoms with Gasteiger partial charge in [0, 0.05) is 50.1 Å². The average molecular weight is 472 g/mol. The second-order valence-corrected chi connectivity index (χ2v) is 8.51. The molecule has 1 aliphatic heterocycles. The lowest BCUT2D eigenvalue weighted by atomic mass is 9.93. The minimum atomic E-state index is -0.721. The van der Waals surface area contributed by atoms with E-state index < -0.39 is 17.1 Å². The molecule has 180 valence electrons. The van der Waals surface area contributed by atoms with Crippen molar-refractivity contribution in [2.75, 3.05) is 33.4 Å². The third kappa shape index (κ3) is 6.38. The number of amides is 1. The van der Waals surface area contributed by atoms with E-state index in [0.717, 1.165) is 49.5 Å². The average Bonchev–Trinajstić information content (AvgIpc) is 2.89. The van der Waals surface area contributed by atoms with Gasteiger partial charge < -0.3 is 20.1 Å². The zero-order valence-electron chi connectivity index (χ0n) is 19.7. The van der Waals surface area contributed by atoms with Crippen LogP contribution < -0.4 is 10.7 Å². The Labute approximate surface area is 204 Å². The molecule has 1 amide bonds. The lowest BCUT2D eigenvalue weighted by Crippen LogP contribution is -2.35. The number of morpholine rings is 1.